The Balaban J connectivity index is 2.44. The predicted molar refractivity (Wildman–Crippen MR) is 103 cm³/mol. The Kier molecular flexibility index (Phi) is 12.7. The lowest BCUT2D eigenvalue weighted by atomic mass is 10.0. The van der Waals surface area contributed by atoms with Crippen molar-refractivity contribution in [3.63, 3.8) is 0 Å². The number of aliphatic hydroxyl groups is 1. The van der Waals surface area contributed by atoms with E-state index < -0.39 is 0 Å². The van der Waals surface area contributed by atoms with E-state index >= 15 is 0 Å². The molecule has 0 saturated carbocycles. The van der Waals surface area contributed by atoms with Crippen molar-refractivity contribution in [2.45, 2.75) is 58.5 Å². The van der Waals surface area contributed by atoms with Gasteiger partial charge >= 0.3 is 0 Å². The molecular weight excluding hydrogens is 318 g/mol. The van der Waals surface area contributed by atoms with Crippen molar-refractivity contribution < 1.29 is 14.6 Å². The third-order valence-electron chi connectivity index (χ3n) is 4.66. The smallest absolute Gasteiger partial charge is 0.193 e. The van der Waals surface area contributed by atoms with Gasteiger partial charge in [-0.2, -0.15) is 0 Å². The number of nitrogens with one attached hydrogen (secondary N) is 1. The first-order valence-corrected chi connectivity index (χ1v) is 9.99. The lowest BCUT2D eigenvalue weighted by molar-refractivity contribution is 0.00989. The van der Waals surface area contributed by atoms with Crippen LogP contribution in [0.1, 0.15) is 52.4 Å². The minimum absolute atomic E-state index is 0.253. The van der Waals surface area contributed by atoms with Crippen molar-refractivity contribution in [1.82, 2.24) is 10.2 Å². The quantitative estimate of drug-likeness (QED) is 0.319. The van der Waals surface area contributed by atoms with Gasteiger partial charge in [0.05, 0.1) is 6.10 Å². The number of nitrogens with zero attached hydrogens (tertiary/aromatic N) is 2. The molecule has 1 rings (SSSR count). The minimum atomic E-state index is 0.253. The zero-order valence-electron chi connectivity index (χ0n) is 16.5. The average molecular weight is 358 g/mol. The maximum atomic E-state index is 9.22. The van der Waals surface area contributed by atoms with Gasteiger partial charge in [0.2, 0.25) is 0 Å². The van der Waals surface area contributed by atoms with Crippen molar-refractivity contribution in [2.75, 3.05) is 53.1 Å². The first-order valence-electron chi connectivity index (χ1n) is 9.99. The molecule has 0 amide bonds. The van der Waals surface area contributed by atoms with Crippen LogP contribution < -0.4 is 5.32 Å². The summed E-state index contributed by atoms with van der Waals surface area (Å²) >= 11 is 0. The third-order valence-corrected chi connectivity index (χ3v) is 4.66. The summed E-state index contributed by atoms with van der Waals surface area (Å²) in [5.41, 5.74) is 0. The van der Waals surface area contributed by atoms with Gasteiger partial charge in [-0.15, -0.1) is 0 Å². The second kappa shape index (κ2) is 14.3. The highest BCUT2D eigenvalue weighted by Crippen LogP contribution is 2.15. The zero-order chi connectivity index (χ0) is 18.3. The van der Waals surface area contributed by atoms with E-state index in [4.69, 9.17) is 14.5 Å². The highest BCUT2D eigenvalue weighted by Gasteiger charge is 2.22. The third kappa shape index (κ3) is 9.42. The number of rotatable bonds is 12. The number of hydrogen-bond acceptors (Lipinski definition) is 4. The first-order chi connectivity index (χ1) is 12.2. The molecule has 2 N–H and O–H groups in total. The Morgan fingerprint density at radius 2 is 2.00 bits per heavy atom. The molecular formula is C19H39N3O3. The van der Waals surface area contributed by atoms with Crippen LogP contribution in [0.3, 0.4) is 0 Å². The van der Waals surface area contributed by atoms with Gasteiger partial charge in [0, 0.05) is 53.1 Å². The molecule has 0 radical (unpaired) electrons. The van der Waals surface area contributed by atoms with Crippen molar-refractivity contribution in [3.8, 4) is 0 Å². The van der Waals surface area contributed by atoms with Crippen LogP contribution in [0.25, 0.3) is 0 Å². The van der Waals surface area contributed by atoms with Crippen molar-refractivity contribution in [1.29, 1.82) is 0 Å². The summed E-state index contributed by atoms with van der Waals surface area (Å²) in [4.78, 5) is 7.20. The molecule has 1 unspecified atom stereocenters. The molecule has 1 heterocycles. The largest absolute Gasteiger partial charge is 0.396 e. The Hall–Kier alpha value is -0.850. The van der Waals surface area contributed by atoms with Crippen LogP contribution in [-0.2, 0) is 9.47 Å². The van der Waals surface area contributed by atoms with Crippen LogP contribution in [0.4, 0.5) is 0 Å². The summed E-state index contributed by atoms with van der Waals surface area (Å²) in [5.74, 6) is 1.49. The molecule has 0 aromatic carbocycles. The maximum absolute atomic E-state index is 9.22. The molecule has 1 aliphatic rings. The Bertz CT molecular complexity index is 339. The molecule has 6 nitrogen and oxygen atoms in total. The first kappa shape index (κ1) is 22.2. The molecule has 25 heavy (non-hydrogen) atoms. The molecule has 1 aliphatic heterocycles. The number of piperidine rings is 1. The number of ether oxygens (including phenoxy) is 2. The fraction of sp³-hybridized carbons (Fsp3) is 0.947. The lowest BCUT2D eigenvalue weighted by Crippen LogP contribution is -2.47. The van der Waals surface area contributed by atoms with Gasteiger partial charge in [-0.1, -0.05) is 13.3 Å². The van der Waals surface area contributed by atoms with E-state index in [1.807, 2.05) is 0 Å². The van der Waals surface area contributed by atoms with Gasteiger partial charge in [0.25, 0.3) is 0 Å². The molecule has 1 fully saturated rings. The minimum Gasteiger partial charge on any atom is -0.396 e. The number of guanidine groups is 1. The summed E-state index contributed by atoms with van der Waals surface area (Å²) in [5, 5.41) is 12.6. The van der Waals surface area contributed by atoms with E-state index in [0.717, 1.165) is 83.9 Å². The van der Waals surface area contributed by atoms with Crippen LogP contribution in [0.15, 0.2) is 4.99 Å². The molecule has 0 aromatic heterocycles. The highest BCUT2D eigenvalue weighted by molar-refractivity contribution is 5.80. The second-order valence-corrected chi connectivity index (χ2v) is 6.77. The number of likely N-dealkylation sites (tertiary alicyclic amines) is 1. The monoisotopic (exact) mass is 357 g/mol. The van der Waals surface area contributed by atoms with Crippen LogP contribution in [0, 0.1) is 5.92 Å². The van der Waals surface area contributed by atoms with Gasteiger partial charge in [-0.3, -0.25) is 4.99 Å². The lowest BCUT2D eigenvalue weighted by Gasteiger charge is -2.34. The number of methoxy groups -OCH3 is 1. The van der Waals surface area contributed by atoms with Crippen LogP contribution >= 0.6 is 0 Å². The Morgan fingerprint density at radius 1 is 1.24 bits per heavy atom. The van der Waals surface area contributed by atoms with Crippen LogP contribution in [0.2, 0.25) is 0 Å². The SMILES string of the molecule is CCCC(CCO)CN=C(NCC)N1CCC(OCCCOC)CC1. The normalized spacial score (nSPS) is 17.8. The molecule has 148 valence electrons. The van der Waals surface area contributed by atoms with Gasteiger partial charge in [-0.05, 0) is 44.9 Å². The molecule has 0 aromatic rings. The number of aliphatic imine (C=N–C) groups is 1. The summed E-state index contributed by atoms with van der Waals surface area (Å²) in [6.45, 7) is 9.75. The van der Waals surface area contributed by atoms with Crippen molar-refractivity contribution >= 4 is 5.96 Å². The molecule has 1 saturated heterocycles. The van der Waals surface area contributed by atoms with E-state index in [1.54, 1.807) is 7.11 Å². The summed E-state index contributed by atoms with van der Waals surface area (Å²) in [7, 11) is 1.73. The van der Waals surface area contributed by atoms with Crippen molar-refractivity contribution in [2.24, 2.45) is 10.9 Å². The van der Waals surface area contributed by atoms with E-state index in [1.165, 1.54) is 0 Å². The van der Waals surface area contributed by atoms with E-state index in [-0.39, 0.29) is 6.61 Å². The summed E-state index contributed by atoms with van der Waals surface area (Å²) < 4.78 is 11.0. The van der Waals surface area contributed by atoms with Crippen molar-refractivity contribution in [3.05, 3.63) is 0 Å². The molecule has 0 aliphatic carbocycles. The highest BCUT2D eigenvalue weighted by atomic mass is 16.5. The van der Waals surface area contributed by atoms with Crippen LogP contribution in [0.5, 0.6) is 0 Å². The fourth-order valence-corrected chi connectivity index (χ4v) is 3.25. The summed E-state index contributed by atoms with van der Waals surface area (Å²) in [6.07, 6.45) is 6.53. The number of aliphatic hydroxyl groups excluding tert-OH is 1. The molecule has 1 atom stereocenters. The van der Waals surface area contributed by atoms with Gasteiger partial charge in [-0.25, -0.2) is 0 Å². The van der Waals surface area contributed by atoms with Gasteiger partial charge in [0.1, 0.15) is 0 Å². The Labute approximate surface area is 154 Å². The maximum Gasteiger partial charge on any atom is 0.193 e. The topological polar surface area (TPSA) is 66.3 Å². The number of hydrogen-bond donors (Lipinski definition) is 2. The van der Waals surface area contributed by atoms with Gasteiger partial charge < -0.3 is 24.8 Å². The summed E-state index contributed by atoms with van der Waals surface area (Å²) in [6, 6.07) is 0. The standard InChI is InChI=1S/C19H39N3O3/c1-4-7-17(10-13-23)16-21-19(20-5-2)22-11-8-18(9-12-22)25-15-6-14-24-3/h17-18,23H,4-16H2,1-3H3,(H,20,21). The van der Waals surface area contributed by atoms with E-state index in [0.29, 0.717) is 12.0 Å². The molecule has 0 spiro atoms. The molecule has 0 bridgehead atoms. The zero-order valence-corrected chi connectivity index (χ0v) is 16.5. The predicted octanol–water partition coefficient (Wildman–Crippen LogP) is 2.27. The van der Waals surface area contributed by atoms with Crippen LogP contribution in [-0.4, -0.2) is 75.2 Å². The second-order valence-electron chi connectivity index (χ2n) is 6.77. The van der Waals surface area contributed by atoms with E-state index in [9.17, 15) is 5.11 Å². The van der Waals surface area contributed by atoms with E-state index in [2.05, 4.69) is 24.1 Å². The fourth-order valence-electron chi connectivity index (χ4n) is 3.25. The van der Waals surface area contributed by atoms with Gasteiger partial charge in [0.15, 0.2) is 5.96 Å². The average Bonchev–Trinajstić information content (AvgIpc) is 2.63. The molecule has 6 heteroatoms. The Morgan fingerprint density at radius 3 is 2.60 bits per heavy atom.